The van der Waals surface area contributed by atoms with Gasteiger partial charge < -0.3 is 9.84 Å². The van der Waals surface area contributed by atoms with Gasteiger partial charge in [0.05, 0.1) is 31.3 Å². The molecule has 5 nitrogen and oxygen atoms in total. The van der Waals surface area contributed by atoms with E-state index in [0.29, 0.717) is 17.1 Å². The van der Waals surface area contributed by atoms with Gasteiger partial charge in [-0.15, -0.1) is 0 Å². The van der Waals surface area contributed by atoms with E-state index in [-0.39, 0.29) is 6.61 Å². The molecule has 0 radical (unpaired) electrons. The van der Waals surface area contributed by atoms with Gasteiger partial charge >= 0.3 is 0 Å². The number of aromatic nitrogens is 3. The molecule has 5 heteroatoms. The standard InChI is InChI=1S/C11H11N3O2/c1-16-10-5-11(14-13-6-10)8-2-3-12-9(4-8)7-15/h2-6,15H,7H2,1H3. The minimum absolute atomic E-state index is 0.0920. The zero-order valence-electron chi connectivity index (χ0n) is 8.79. The van der Waals surface area contributed by atoms with Gasteiger partial charge in [0.1, 0.15) is 5.75 Å². The molecule has 1 N–H and O–H groups in total. The maximum absolute atomic E-state index is 8.99. The Hall–Kier alpha value is -2.01. The molecule has 16 heavy (non-hydrogen) atoms. The second-order valence-electron chi connectivity index (χ2n) is 3.17. The molecule has 0 aliphatic heterocycles. The number of aliphatic hydroxyl groups is 1. The molecule has 0 saturated carbocycles. The first-order valence-electron chi connectivity index (χ1n) is 4.76. The lowest BCUT2D eigenvalue weighted by atomic mass is 10.1. The Morgan fingerprint density at radius 1 is 1.38 bits per heavy atom. The van der Waals surface area contributed by atoms with Crippen LogP contribution in [0.15, 0.2) is 30.6 Å². The molecule has 2 aromatic heterocycles. The van der Waals surface area contributed by atoms with Crippen LogP contribution < -0.4 is 4.74 Å². The average molecular weight is 217 g/mol. The first-order valence-corrected chi connectivity index (χ1v) is 4.76. The number of rotatable bonds is 3. The van der Waals surface area contributed by atoms with Crippen LogP contribution in [-0.2, 0) is 6.61 Å². The van der Waals surface area contributed by atoms with Gasteiger partial charge in [-0.05, 0) is 12.1 Å². The predicted octanol–water partition coefficient (Wildman–Crippen LogP) is 1.04. The van der Waals surface area contributed by atoms with Crippen molar-refractivity contribution in [3.05, 3.63) is 36.3 Å². The van der Waals surface area contributed by atoms with Gasteiger partial charge in [0.15, 0.2) is 0 Å². The van der Waals surface area contributed by atoms with Crippen molar-refractivity contribution < 1.29 is 9.84 Å². The summed E-state index contributed by atoms with van der Waals surface area (Å²) in [7, 11) is 1.58. The number of hydrogen-bond acceptors (Lipinski definition) is 5. The third-order valence-corrected chi connectivity index (χ3v) is 2.14. The fourth-order valence-electron chi connectivity index (χ4n) is 1.33. The molecule has 0 saturated heterocycles. The molecular formula is C11H11N3O2. The summed E-state index contributed by atoms with van der Waals surface area (Å²) in [5, 5.41) is 16.8. The lowest BCUT2D eigenvalue weighted by Gasteiger charge is -2.03. The summed E-state index contributed by atoms with van der Waals surface area (Å²) in [5.74, 6) is 0.646. The predicted molar refractivity (Wildman–Crippen MR) is 57.7 cm³/mol. The van der Waals surface area contributed by atoms with Crippen LogP contribution in [0.25, 0.3) is 11.3 Å². The Morgan fingerprint density at radius 3 is 3.00 bits per heavy atom. The summed E-state index contributed by atoms with van der Waals surface area (Å²) in [6.45, 7) is -0.0920. The maximum atomic E-state index is 8.99. The molecule has 0 amide bonds. The highest BCUT2D eigenvalue weighted by molar-refractivity contribution is 5.59. The highest BCUT2D eigenvalue weighted by Gasteiger charge is 2.03. The van der Waals surface area contributed by atoms with E-state index >= 15 is 0 Å². The minimum atomic E-state index is -0.0920. The second kappa shape index (κ2) is 4.67. The van der Waals surface area contributed by atoms with Gasteiger partial charge in [-0.1, -0.05) is 0 Å². The van der Waals surface area contributed by atoms with E-state index in [4.69, 9.17) is 9.84 Å². The first kappa shape index (κ1) is 10.5. The molecule has 0 unspecified atom stereocenters. The fourth-order valence-corrected chi connectivity index (χ4v) is 1.33. The van der Waals surface area contributed by atoms with Gasteiger partial charge in [-0.25, -0.2) is 0 Å². The Labute approximate surface area is 92.8 Å². The van der Waals surface area contributed by atoms with Crippen LogP contribution in [0.3, 0.4) is 0 Å². The van der Waals surface area contributed by atoms with Crippen LogP contribution in [0.2, 0.25) is 0 Å². The third-order valence-electron chi connectivity index (χ3n) is 2.14. The molecular weight excluding hydrogens is 206 g/mol. The molecule has 82 valence electrons. The third kappa shape index (κ3) is 2.14. The Morgan fingerprint density at radius 2 is 2.25 bits per heavy atom. The lowest BCUT2D eigenvalue weighted by molar-refractivity contribution is 0.277. The molecule has 0 aliphatic carbocycles. The summed E-state index contributed by atoms with van der Waals surface area (Å²) in [6, 6.07) is 5.36. The number of hydrogen-bond donors (Lipinski definition) is 1. The van der Waals surface area contributed by atoms with Crippen molar-refractivity contribution in [2.75, 3.05) is 7.11 Å². The van der Waals surface area contributed by atoms with Crippen molar-refractivity contribution in [3.8, 4) is 17.0 Å². The molecule has 0 bridgehead atoms. The summed E-state index contributed by atoms with van der Waals surface area (Å²) >= 11 is 0. The first-order chi connectivity index (χ1) is 7.83. The zero-order valence-corrected chi connectivity index (χ0v) is 8.79. The molecule has 2 aromatic rings. The van der Waals surface area contributed by atoms with Crippen molar-refractivity contribution in [1.29, 1.82) is 0 Å². The van der Waals surface area contributed by atoms with Gasteiger partial charge in [0.25, 0.3) is 0 Å². The zero-order chi connectivity index (χ0) is 11.4. The number of nitrogens with zero attached hydrogens (tertiary/aromatic N) is 3. The summed E-state index contributed by atoms with van der Waals surface area (Å²) in [4.78, 5) is 4.00. The van der Waals surface area contributed by atoms with Crippen LogP contribution in [0.4, 0.5) is 0 Å². The summed E-state index contributed by atoms with van der Waals surface area (Å²) < 4.78 is 5.07. The number of pyridine rings is 1. The van der Waals surface area contributed by atoms with Crippen molar-refractivity contribution >= 4 is 0 Å². The van der Waals surface area contributed by atoms with E-state index in [2.05, 4.69) is 15.2 Å². The van der Waals surface area contributed by atoms with Crippen LogP contribution in [0, 0.1) is 0 Å². The van der Waals surface area contributed by atoms with Crippen molar-refractivity contribution in [3.63, 3.8) is 0 Å². The SMILES string of the molecule is COc1cnnc(-c2ccnc(CO)c2)c1. The van der Waals surface area contributed by atoms with Crippen molar-refractivity contribution in [2.45, 2.75) is 6.61 Å². The van der Waals surface area contributed by atoms with Gasteiger partial charge in [-0.2, -0.15) is 10.2 Å². The van der Waals surface area contributed by atoms with E-state index in [1.807, 2.05) is 6.07 Å². The molecule has 0 fully saturated rings. The van der Waals surface area contributed by atoms with Crippen LogP contribution in [-0.4, -0.2) is 27.4 Å². The average Bonchev–Trinajstić information content (AvgIpc) is 2.39. The topological polar surface area (TPSA) is 68.1 Å². The number of methoxy groups -OCH3 is 1. The van der Waals surface area contributed by atoms with E-state index in [1.54, 1.807) is 25.4 Å². The molecule has 0 aliphatic rings. The van der Waals surface area contributed by atoms with Crippen molar-refractivity contribution in [1.82, 2.24) is 15.2 Å². The quantitative estimate of drug-likeness (QED) is 0.831. The molecule has 0 aromatic carbocycles. The van der Waals surface area contributed by atoms with E-state index in [9.17, 15) is 0 Å². The van der Waals surface area contributed by atoms with Crippen LogP contribution >= 0.6 is 0 Å². The van der Waals surface area contributed by atoms with Crippen molar-refractivity contribution in [2.24, 2.45) is 0 Å². The highest BCUT2D eigenvalue weighted by Crippen LogP contribution is 2.20. The maximum Gasteiger partial charge on any atom is 0.141 e. The lowest BCUT2D eigenvalue weighted by Crippen LogP contribution is -1.93. The van der Waals surface area contributed by atoms with Crippen LogP contribution in [0.5, 0.6) is 5.75 Å². The van der Waals surface area contributed by atoms with E-state index in [0.717, 1.165) is 5.56 Å². The Balaban J connectivity index is 2.41. The van der Waals surface area contributed by atoms with Gasteiger partial charge in [0.2, 0.25) is 0 Å². The number of aliphatic hydroxyl groups excluding tert-OH is 1. The van der Waals surface area contributed by atoms with Crippen LogP contribution in [0.1, 0.15) is 5.69 Å². The van der Waals surface area contributed by atoms with E-state index < -0.39 is 0 Å². The Kier molecular flexibility index (Phi) is 3.07. The normalized spacial score (nSPS) is 10.1. The summed E-state index contributed by atoms with van der Waals surface area (Å²) in [6.07, 6.45) is 3.17. The monoisotopic (exact) mass is 217 g/mol. The van der Waals surface area contributed by atoms with Gasteiger partial charge in [0, 0.05) is 17.8 Å². The largest absolute Gasteiger partial charge is 0.495 e. The smallest absolute Gasteiger partial charge is 0.141 e. The molecule has 2 rings (SSSR count). The van der Waals surface area contributed by atoms with E-state index in [1.165, 1.54) is 6.20 Å². The molecule has 0 spiro atoms. The number of ether oxygens (including phenoxy) is 1. The molecule has 0 atom stereocenters. The second-order valence-corrected chi connectivity index (χ2v) is 3.17. The minimum Gasteiger partial charge on any atom is -0.495 e. The van der Waals surface area contributed by atoms with Gasteiger partial charge in [-0.3, -0.25) is 4.98 Å². The fraction of sp³-hybridized carbons (Fsp3) is 0.182. The molecule has 2 heterocycles. The Bertz CT molecular complexity index is 443. The highest BCUT2D eigenvalue weighted by atomic mass is 16.5. The summed E-state index contributed by atoms with van der Waals surface area (Å²) in [5.41, 5.74) is 2.14.